The van der Waals surface area contributed by atoms with E-state index in [2.05, 4.69) is 9.80 Å². The van der Waals surface area contributed by atoms with Gasteiger partial charge in [0.25, 0.3) is 0 Å². The van der Waals surface area contributed by atoms with E-state index in [9.17, 15) is 4.79 Å². The molecule has 0 aromatic rings. The molecule has 21 heavy (non-hydrogen) atoms. The molecule has 2 heterocycles. The molecule has 1 saturated carbocycles. The van der Waals surface area contributed by atoms with Crippen LogP contribution in [-0.2, 0) is 9.53 Å². The number of rotatable bonds is 3. The fraction of sp³-hybridized carbons (Fsp3) is 0.941. The van der Waals surface area contributed by atoms with Crippen LogP contribution in [0.2, 0.25) is 0 Å². The average molecular weight is 294 g/mol. The molecule has 0 aromatic carbocycles. The van der Waals surface area contributed by atoms with Gasteiger partial charge in [-0.1, -0.05) is 25.7 Å². The Morgan fingerprint density at radius 2 is 1.67 bits per heavy atom. The van der Waals surface area contributed by atoms with Crippen LogP contribution < -0.4 is 0 Å². The largest absolute Gasteiger partial charge is 0.380 e. The molecule has 120 valence electrons. The molecule has 0 aromatic heterocycles. The molecule has 1 atom stereocenters. The molecule has 3 rings (SSSR count). The lowest BCUT2D eigenvalue weighted by molar-refractivity contribution is -0.147. The molecule has 2 saturated heterocycles. The molecule has 1 aliphatic carbocycles. The Balaban J connectivity index is 1.76. The van der Waals surface area contributed by atoms with E-state index in [0.29, 0.717) is 5.91 Å². The van der Waals surface area contributed by atoms with Crippen LogP contribution >= 0.6 is 0 Å². The minimum absolute atomic E-state index is 0.179. The van der Waals surface area contributed by atoms with Gasteiger partial charge in [-0.3, -0.25) is 9.69 Å². The second kappa shape index (κ2) is 6.66. The molecule has 3 aliphatic rings. The minimum atomic E-state index is -0.179. The van der Waals surface area contributed by atoms with Crippen LogP contribution in [0.1, 0.15) is 57.8 Å². The number of nitrogens with zero attached hydrogens (tertiary/aromatic N) is 2. The van der Waals surface area contributed by atoms with E-state index in [1.165, 1.54) is 38.5 Å². The summed E-state index contributed by atoms with van der Waals surface area (Å²) in [6, 6.07) is 0. The van der Waals surface area contributed by atoms with Gasteiger partial charge in [0, 0.05) is 20.2 Å². The quantitative estimate of drug-likeness (QED) is 0.801. The first kappa shape index (κ1) is 15.3. The van der Waals surface area contributed by atoms with Crippen molar-refractivity contribution in [2.75, 3.05) is 33.3 Å². The average Bonchev–Trinajstić information content (AvgIpc) is 3.04. The molecule has 4 nitrogen and oxygen atoms in total. The first-order chi connectivity index (χ1) is 10.3. The highest BCUT2D eigenvalue weighted by molar-refractivity contribution is 5.87. The maximum absolute atomic E-state index is 13.3. The Bertz CT molecular complexity index is 360. The third-order valence-electron chi connectivity index (χ3n) is 5.81. The van der Waals surface area contributed by atoms with Crippen LogP contribution in [0.4, 0.5) is 0 Å². The van der Waals surface area contributed by atoms with Crippen molar-refractivity contribution in [1.29, 1.82) is 0 Å². The second-order valence-electron chi connectivity index (χ2n) is 7.04. The highest BCUT2D eigenvalue weighted by Crippen LogP contribution is 2.37. The van der Waals surface area contributed by atoms with Crippen molar-refractivity contribution in [3.8, 4) is 0 Å². The first-order valence-corrected chi connectivity index (χ1v) is 8.83. The number of ether oxygens (including phenoxy) is 1. The highest BCUT2D eigenvalue weighted by atomic mass is 16.5. The standard InChI is InChI=1S/C17H30N2O2/c1-21-15-8-13-18(14-15)16(20)17(9-4-2-5-10-17)19-11-6-3-7-12-19/h15H,2-14H2,1H3. The second-order valence-corrected chi connectivity index (χ2v) is 7.04. The molecule has 0 N–H and O–H groups in total. The number of piperidine rings is 1. The smallest absolute Gasteiger partial charge is 0.243 e. The molecule has 0 bridgehead atoms. The summed E-state index contributed by atoms with van der Waals surface area (Å²) in [6.45, 7) is 3.92. The first-order valence-electron chi connectivity index (χ1n) is 8.83. The minimum Gasteiger partial charge on any atom is -0.380 e. The van der Waals surface area contributed by atoms with Gasteiger partial charge in [0.1, 0.15) is 5.54 Å². The van der Waals surface area contributed by atoms with Gasteiger partial charge in [-0.15, -0.1) is 0 Å². The fourth-order valence-electron chi connectivity index (χ4n) is 4.52. The monoisotopic (exact) mass is 294 g/mol. The van der Waals surface area contributed by atoms with Gasteiger partial charge in [-0.05, 0) is 45.2 Å². The van der Waals surface area contributed by atoms with Gasteiger partial charge in [-0.2, -0.15) is 0 Å². The highest BCUT2D eigenvalue weighted by Gasteiger charge is 2.47. The van der Waals surface area contributed by atoms with Crippen LogP contribution in [0.3, 0.4) is 0 Å². The number of hydrogen-bond donors (Lipinski definition) is 0. The molecule has 4 heteroatoms. The summed E-state index contributed by atoms with van der Waals surface area (Å²) < 4.78 is 5.45. The Labute approximate surface area is 128 Å². The lowest BCUT2D eigenvalue weighted by Gasteiger charge is -2.48. The SMILES string of the molecule is COC1CCN(C(=O)C2(N3CCCCC3)CCCCC2)C1. The topological polar surface area (TPSA) is 32.8 Å². The van der Waals surface area contributed by atoms with E-state index in [1.54, 1.807) is 7.11 Å². The van der Waals surface area contributed by atoms with E-state index in [0.717, 1.165) is 45.4 Å². The summed E-state index contributed by atoms with van der Waals surface area (Å²) >= 11 is 0. The van der Waals surface area contributed by atoms with E-state index in [1.807, 2.05) is 0 Å². The normalized spacial score (nSPS) is 30.5. The molecule has 3 fully saturated rings. The molecule has 0 spiro atoms. The van der Waals surface area contributed by atoms with Crippen LogP contribution in [0, 0.1) is 0 Å². The zero-order chi connectivity index (χ0) is 14.7. The third kappa shape index (κ3) is 2.98. The maximum Gasteiger partial charge on any atom is 0.243 e. The molecular formula is C17H30N2O2. The molecule has 0 radical (unpaired) electrons. The van der Waals surface area contributed by atoms with Crippen molar-refractivity contribution in [3.63, 3.8) is 0 Å². The van der Waals surface area contributed by atoms with Gasteiger partial charge in [0.2, 0.25) is 5.91 Å². The zero-order valence-corrected chi connectivity index (χ0v) is 13.5. The lowest BCUT2D eigenvalue weighted by Crippen LogP contribution is -2.61. The Hall–Kier alpha value is -0.610. The summed E-state index contributed by atoms with van der Waals surface area (Å²) in [7, 11) is 1.76. The Morgan fingerprint density at radius 1 is 1.00 bits per heavy atom. The Kier molecular flexibility index (Phi) is 4.85. The van der Waals surface area contributed by atoms with Crippen LogP contribution in [0.15, 0.2) is 0 Å². The third-order valence-corrected chi connectivity index (χ3v) is 5.81. The zero-order valence-electron chi connectivity index (χ0n) is 13.5. The van der Waals surface area contributed by atoms with Crippen LogP contribution in [-0.4, -0.2) is 60.6 Å². The predicted molar refractivity (Wildman–Crippen MR) is 83.2 cm³/mol. The van der Waals surface area contributed by atoms with Crippen molar-refractivity contribution in [2.45, 2.75) is 69.4 Å². The van der Waals surface area contributed by atoms with Crippen molar-refractivity contribution >= 4 is 5.91 Å². The maximum atomic E-state index is 13.3. The number of hydrogen-bond acceptors (Lipinski definition) is 3. The fourth-order valence-corrected chi connectivity index (χ4v) is 4.52. The summed E-state index contributed by atoms with van der Waals surface area (Å²) in [5.74, 6) is 0.406. The molecular weight excluding hydrogens is 264 g/mol. The predicted octanol–water partition coefficient (Wildman–Crippen LogP) is 2.42. The van der Waals surface area contributed by atoms with Gasteiger partial charge < -0.3 is 9.64 Å². The summed E-state index contributed by atoms with van der Waals surface area (Å²) in [6.07, 6.45) is 11.0. The van der Waals surface area contributed by atoms with Gasteiger partial charge in [0.15, 0.2) is 0 Å². The van der Waals surface area contributed by atoms with E-state index >= 15 is 0 Å². The van der Waals surface area contributed by atoms with Crippen LogP contribution in [0.25, 0.3) is 0 Å². The molecule has 2 aliphatic heterocycles. The van der Waals surface area contributed by atoms with E-state index in [-0.39, 0.29) is 11.6 Å². The van der Waals surface area contributed by atoms with Gasteiger partial charge >= 0.3 is 0 Å². The van der Waals surface area contributed by atoms with Crippen LogP contribution in [0.5, 0.6) is 0 Å². The summed E-state index contributed by atoms with van der Waals surface area (Å²) in [5, 5.41) is 0. The lowest BCUT2D eigenvalue weighted by atomic mass is 9.78. The van der Waals surface area contributed by atoms with E-state index in [4.69, 9.17) is 4.74 Å². The summed E-state index contributed by atoms with van der Waals surface area (Å²) in [5.41, 5.74) is -0.179. The van der Waals surface area contributed by atoms with Gasteiger partial charge in [-0.25, -0.2) is 0 Å². The van der Waals surface area contributed by atoms with Crippen molar-refractivity contribution in [2.24, 2.45) is 0 Å². The molecule has 1 unspecified atom stereocenters. The Morgan fingerprint density at radius 3 is 2.29 bits per heavy atom. The number of carbonyl (C=O) groups excluding carboxylic acids is 1. The summed E-state index contributed by atoms with van der Waals surface area (Å²) in [4.78, 5) is 17.9. The number of methoxy groups -OCH3 is 1. The number of amides is 1. The number of carbonyl (C=O) groups is 1. The van der Waals surface area contributed by atoms with Crippen molar-refractivity contribution in [1.82, 2.24) is 9.80 Å². The van der Waals surface area contributed by atoms with Crippen molar-refractivity contribution in [3.05, 3.63) is 0 Å². The molecule has 1 amide bonds. The van der Waals surface area contributed by atoms with Gasteiger partial charge in [0.05, 0.1) is 6.10 Å². The van der Waals surface area contributed by atoms with E-state index < -0.39 is 0 Å². The van der Waals surface area contributed by atoms with Crippen molar-refractivity contribution < 1.29 is 9.53 Å². The number of likely N-dealkylation sites (tertiary alicyclic amines) is 2.